The summed E-state index contributed by atoms with van der Waals surface area (Å²) in [5, 5.41) is 3.27. The first-order valence-electron chi connectivity index (χ1n) is 8.57. The molecule has 1 saturated carbocycles. The average Bonchev–Trinajstić information content (AvgIpc) is 2.98. The molecule has 2 heterocycles. The maximum absolute atomic E-state index is 4.55. The van der Waals surface area contributed by atoms with Crippen LogP contribution in [-0.4, -0.2) is 34.5 Å². The molecule has 2 aliphatic rings. The summed E-state index contributed by atoms with van der Waals surface area (Å²) in [6, 6.07) is 0. The van der Waals surface area contributed by atoms with E-state index in [0.29, 0.717) is 5.41 Å². The van der Waals surface area contributed by atoms with E-state index in [1.807, 2.05) is 12.4 Å². The van der Waals surface area contributed by atoms with Crippen LogP contribution in [0.3, 0.4) is 0 Å². The highest BCUT2D eigenvalue weighted by Gasteiger charge is 2.36. The molecule has 1 N–H and O–H groups in total. The second kappa shape index (κ2) is 6.73. The third kappa shape index (κ3) is 3.73. The Hall–Kier alpha value is -1.16. The summed E-state index contributed by atoms with van der Waals surface area (Å²) in [4.78, 5) is 11.5. The number of likely N-dealkylation sites (tertiary alicyclic amines) is 1. The van der Waals surface area contributed by atoms with Crippen molar-refractivity contribution in [1.82, 2.24) is 14.9 Å². The van der Waals surface area contributed by atoms with Crippen LogP contribution in [-0.2, 0) is 6.54 Å². The molecule has 1 aromatic rings. The van der Waals surface area contributed by atoms with Gasteiger partial charge in [0.25, 0.3) is 0 Å². The van der Waals surface area contributed by atoms with Crippen molar-refractivity contribution < 1.29 is 0 Å². The maximum atomic E-state index is 4.55. The second-order valence-corrected chi connectivity index (χ2v) is 6.80. The van der Waals surface area contributed by atoms with Crippen LogP contribution in [0, 0.1) is 5.41 Å². The van der Waals surface area contributed by atoms with Gasteiger partial charge in [-0.15, -0.1) is 0 Å². The molecule has 1 spiro atoms. The molecule has 1 aliphatic heterocycles. The van der Waals surface area contributed by atoms with Crippen LogP contribution < -0.4 is 5.32 Å². The number of hydrogen-bond acceptors (Lipinski definition) is 4. The van der Waals surface area contributed by atoms with Gasteiger partial charge in [0, 0.05) is 13.1 Å². The number of anilines is 1. The van der Waals surface area contributed by atoms with Crippen molar-refractivity contribution in [2.45, 2.75) is 58.4 Å². The van der Waals surface area contributed by atoms with Crippen LogP contribution in [0.5, 0.6) is 0 Å². The summed E-state index contributed by atoms with van der Waals surface area (Å²) in [6.07, 6.45) is 13.5. The van der Waals surface area contributed by atoms with Crippen LogP contribution in [0.2, 0.25) is 0 Å². The lowest BCUT2D eigenvalue weighted by Crippen LogP contribution is -2.38. The monoisotopic (exact) mass is 288 g/mol. The number of aromatic nitrogens is 2. The van der Waals surface area contributed by atoms with Crippen molar-refractivity contribution in [1.29, 1.82) is 0 Å². The zero-order valence-electron chi connectivity index (χ0n) is 13.3. The smallest absolute Gasteiger partial charge is 0.144 e. The zero-order valence-corrected chi connectivity index (χ0v) is 13.3. The van der Waals surface area contributed by atoms with E-state index in [0.717, 1.165) is 31.0 Å². The fourth-order valence-corrected chi connectivity index (χ4v) is 3.82. The SMILES string of the molecule is CCCNc1cnc(CN2CCC3(CCCC3)CC2)cn1. The summed E-state index contributed by atoms with van der Waals surface area (Å²) < 4.78 is 0. The summed E-state index contributed by atoms with van der Waals surface area (Å²) in [5.41, 5.74) is 1.80. The van der Waals surface area contributed by atoms with Gasteiger partial charge in [-0.2, -0.15) is 0 Å². The second-order valence-electron chi connectivity index (χ2n) is 6.80. The zero-order chi connectivity index (χ0) is 14.5. The highest BCUT2D eigenvalue weighted by molar-refractivity contribution is 5.30. The Bertz CT molecular complexity index is 427. The first-order valence-corrected chi connectivity index (χ1v) is 8.57. The lowest BCUT2D eigenvalue weighted by atomic mass is 9.77. The fraction of sp³-hybridized carbons (Fsp3) is 0.765. The lowest BCUT2D eigenvalue weighted by Gasteiger charge is -2.39. The molecular formula is C17H28N4. The van der Waals surface area contributed by atoms with Gasteiger partial charge in [0.1, 0.15) is 5.82 Å². The van der Waals surface area contributed by atoms with Crippen molar-refractivity contribution in [3.8, 4) is 0 Å². The predicted molar refractivity (Wildman–Crippen MR) is 86.2 cm³/mol. The van der Waals surface area contributed by atoms with Gasteiger partial charge in [-0.05, 0) is 50.6 Å². The molecule has 3 rings (SSSR count). The number of hydrogen-bond donors (Lipinski definition) is 1. The van der Waals surface area contributed by atoms with Gasteiger partial charge >= 0.3 is 0 Å². The predicted octanol–water partition coefficient (Wildman–Crippen LogP) is 3.45. The van der Waals surface area contributed by atoms with E-state index in [9.17, 15) is 0 Å². The normalized spacial score (nSPS) is 21.8. The number of piperidine rings is 1. The third-order valence-electron chi connectivity index (χ3n) is 5.23. The minimum absolute atomic E-state index is 0.704. The van der Waals surface area contributed by atoms with Gasteiger partial charge in [0.15, 0.2) is 0 Å². The molecule has 0 atom stereocenters. The Morgan fingerprint density at radius 1 is 1.10 bits per heavy atom. The maximum Gasteiger partial charge on any atom is 0.144 e. The van der Waals surface area contributed by atoms with Gasteiger partial charge < -0.3 is 5.32 Å². The van der Waals surface area contributed by atoms with E-state index in [1.54, 1.807) is 0 Å². The molecule has 0 unspecified atom stereocenters. The van der Waals surface area contributed by atoms with Crippen LogP contribution in [0.1, 0.15) is 57.6 Å². The van der Waals surface area contributed by atoms with Gasteiger partial charge in [-0.1, -0.05) is 19.8 Å². The number of nitrogens with zero attached hydrogens (tertiary/aromatic N) is 3. The standard InChI is InChI=1S/C17H28N4/c1-2-9-18-16-13-19-15(12-20-16)14-21-10-7-17(8-11-21)5-3-4-6-17/h12-13H,2-11,14H2,1H3,(H,18,20). The van der Waals surface area contributed by atoms with Crippen molar-refractivity contribution in [2.75, 3.05) is 25.0 Å². The Kier molecular flexibility index (Phi) is 4.73. The molecule has 0 bridgehead atoms. The molecule has 0 amide bonds. The van der Waals surface area contributed by atoms with E-state index in [-0.39, 0.29) is 0 Å². The molecule has 0 radical (unpaired) electrons. The minimum atomic E-state index is 0.704. The third-order valence-corrected chi connectivity index (χ3v) is 5.23. The van der Waals surface area contributed by atoms with Gasteiger partial charge in [-0.25, -0.2) is 4.98 Å². The summed E-state index contributed by atoms with van der Waals surface area (Å²) in [6.45, 7) is 6.54. The number of rotatable bonds is 5. The Labute approximate surface area is 128 Å². The fourth-order valence-electron chi connectivity index (χ4n) is 3.82. The van der Waals surface area contributed by atoms with Crippen molar-refractivity contribution >= 4 is 5.82 Å². The topological polar surface area (TPSA) is 41.1 Å². The summed E-state index contributed by atoms with van der Waals surface area (Å²) >= 11 is 0. The Morgan fingerprint density at radius 3 is 2.48 bits per heavy atom. The number of nitrogens with one attached hydrogen (secondary N) is 1. The lowest BCUT2D eigenvalue weighted by molar-refractivity contribution is 0.102. The van der Waals surface area contributed by atoms with Crippen LogP contribution in [0.15, 0.2) is 12.4 Å². The van der Waals surface area contributed by atoms with Crippen molar-refractivity contribution in [2.24, 2.45) is 5.41 Å². The molecule has 1 aliphatic carbocycles. The van der Waals surface area contributed by atoms with E-state index < -0.39 is 0 Å². The molecular weight excluding hydrogens is 260 g/mol. The van der Waals surface area contributed by atoms with Crippen LogP contribution in [0.25, 0.3) is 0 Å². The largest absolute Gasteiger partial charge is 0.369 e. The highest BCUT2D eigenvalue weighted by atomic mass is 15.1. The molecule has 21 heavy (non-hydrogen) atoms. The Balaban J connectivity index is 1.48. The first kappa shape index (κ1) is 14.8. The molecule has 4 nitrogen and oxygen atoms in total. The van der Waals surface area contributed by atoms with E-state index in [2.05, 4.69) is 27.1 Å². The van der Waals surface area contributed by atoms with E-state index in [4.69, 9.17) is 0 Å². The van der Waals surface area contributed by atoms with Crippen molar-refractivity contribution in [3.05, 3.63) is 18.1 Å². The van der Waals surface area contributed by atoms with Gasteiger partial charge in [0.2, 0.25) is 0 Å². The quantitative estimate of drug-likeness (QED) is 0.901. The summed E-state index contributed by atoms with van der Waals surface area (Å²) in [5.74, 6) is 0.893. The molecule has 1 aromatic heterocycles. The van der Waals surface area contributed by atoms with Gasteiger partial charge in [0.05, 0.1) is 18.1 Å². The van der Waals surface area contributed by atoms with E-state index in [1.165, 1.54) is 51.6 Å². The molecule has 116 valence electrons. The molecule has 4 heteroatoms. The van der Waals surface area contributed by atoms with E-state index >= 15 is 0 Å². The van der Waals surface area contributed by atoms with Crippen LogP contribution >= 0.6 is 0 Å². The molecule has 1 saturated heterocycles. The Morgan fingerprint density at radius 2 is 1.86 bits per heavy atom. The average molecular weight is 288 g/mol. The van der Waals surface area contributed by atoms with Crippen molar-refractivity contribution in [3.63, 3.8) is 0 Å². The molecule has 0 aromatic carbocycles. The summed E-state index contributed by atoms with van der Waals surface area (Å²) in [7, 11) is 0. The molecule has 2 fully saturated rings. The minimum Gasteiger partial charge on any atom is -0.369 e. The first-order chi connectivity index (χ1) is 10.3. The van der Waals surface area contributed by atoms with Crippen LogP contribution in [0.4, 0.5) is 5.82 Å². The van der Waals surface area contributed by atoms with Gasteiger partial charge in [-0.3, -0.25) is 9.88 Å². The highest BCUT2D eigenvalue weighted by Crippen LogP contribution is 2.46.